The number of benzene rings is 1. The van der Waals surface area contributed by atoms with E-state index in [1.165, 1.54) is 7.11 Å². The molecule has 1 unspecified atom stereocenters. The lowest BCUT2D eigenvalue weighted by atomic mass is 9.65. The van der Waals surface area contributed by atoms with Crippen molar-refractivity contribution < 1.29 is 23.5 Å². The summed E-state index contributed by atoms with van der Waals surface area (Å²) < 4.78 is 16.9. The number of aryl methyl sites for hydroxylation is 1. The number of methoxy groups -OCH3 is 2. The zero-order chi connectivity index (χ0) is 26.9. The fourth-order valence-electron chi connectivity index (χ4n) is 5.76. The van der Waals surface area contributed by atoms with Crippen molar-refractivity contribution in [3.63, 3.8) is 0 Å². The molecule has 1 saturated carbocycles. The summed E-state index contributed by atoms with van der Waals surface area (Å²) in [6, 6.07) is 5.75. The summed E-state index contributed by atoms with van der Waals surface area (Å²) in [5, 5.41) is 0.0854. The number of hydrogen-bond acceptors (Lipinski definition) is 5. The van der Waals surface area contributed by atoms with Crippen molar-refractivity contribution in [3.05, 3.63) is 53.3 Å². The third-order valence-electron chi connectivity index (χ3n) is 9.58. The highest BCUT2D eigenvalue weighted by atomic mass is 28.4. The van der Waals surface area contributed by atoms with Gasteiger partial charge in [0.1, 0.15) is 5.75 Å². The number of carbonyl (C=O) groups is 2. The van der Waals surface area contributed by atoms with Gasteiger partial charge in [-0.15, -0.1) is 0 Å². The molecule has 1 aromatic carbocycles. The maximum Gasteiger partial charge on any atom is 0.330 e. The number of fused-ring (bicyclic) bond motifs is 1. The molecule has 5 nitrogen and oxygen atoms in total. The third kappa shape index (κ3) is 5.20. The van der Waals surface area contributed by atoms with Crippen molar-refractivity contribution in [3.8, 4) is 5.75 Å². The van der Waals surface area contributed by atoms with E-state index in [4.69, 9.17) is 13.9 Å². The Kier molecular flexibility index (Phi) is 8.29. The van der Waals surface area contributed by atoms with Crippen LogP contribution in [0, 0.1) is 23.2 Å². The van der Waals surface area contributed by atoms with Crippen LogP contribution in [0.3, 0.4) is 0 Å². The van der Waals surface area contributed by atoms with Crippen LogP contribution in [0.1, 0.15) is 69.8 Å². The average Bonchev–Trinajstić information content (AvgIpc) is 3.13. The number of carbonyl (C=O) groups excluding carboxylic acids is 2. The van der Waals surface area contributed by atoms with E-state index >= 15 is 0 Å². The molecule has 0 radical (unpaired) electrons. The van der Waals surface area contributed by atoms with Gasteiger partial charge in [-0.25, -0.2) is 4.79 Å². The molecule has 3 rings (SSSR count). The Morgan fingerprint density at radius 1 is 1.17 bits per heavy atom. The summed E-state index contributed by atoms with van der Waals surface area (Å²) in [4.78, 5) is 26.0. The zero-order valence-electron chi connectivity index (χ0n) is 23.6. The summed E-state index contributed by atoms with van der Waals surface area (Å²) in [5.41, 5.74) is 2.40. The number of ketones is 1. The number of ether oxygens (including phenoxy) is 2. The fraction of sp³-hybridized carbons (Fsp3) is 0.600. The molecule has 36 heavy (non-hydrogen) atoms. The van der Waals surface area contributed by atoms with E-state index in [1.54, 1.807) is 13.2 Å². The van der Waals surface area contributed by atoms with Gasteiger partial charge in [0, 0.05) is 23.0 Å². The third-order valence-corrected chi connectivity index (χ3v) is 14.0. The van der Waals surface area contributed by atoms with Crippen LogP contribution in [-0.4, -0.2) is 34.3 Å². The Hall–Kier alpha value is -2.34. The maximum atomic E-state index is 13.7. The minimum Gasteiger partial charge on any atom is -0.549 e. The topological polar surface area (TPSA) is 61.8 Å². The van der Waals surface area contributed by atoms with E-state index in [-0.39, 0.29) is 28.6 Å². The second-order valence-electron chi connectivity index (χ2n) is 12.0. The number of allylic oxidation sites excluding steroid dienone is 2. The number of rotatable bonds is 8. The highest BCUT2D eigenvalue weighted by Crippen LogP contribution is 2.54. The summed E-state index contributed by atoms with van der Waals surface area (Å²) in [6.45, 7) is 15.7. The standard InChI is InChI=1S/C30H44O5Si/c1-20(2)29(3,4)36(8,9)35-17-16-30(5)22(19-27(31)34-7)11-15-26(30)25-13-10-21-18-23(33-6)12-14-24(21)28(25)32/h12,14,16-20,25-26H,10-11,13,15H2,1-9H3/b17-16+,22-19+/t25?,26-,30+/m0/s1. The summed E-state index contributed by atoms with van der Waals surface area (Å²) in [5.74, 6) is 1.09. The van der Waals surface area contributed by atoms with Gasteiger partial charge in [-0.1, -0.05) is 40.2 Å². The summed E-state index contributed by atoms with van der Waals surface area (Å²) in [6.07, 6.45) is 8.85. The molecule has 2 aliphatic carbocycles. The molecule has 1 fully saturated rings. The van der Waals surface area contributed by atoms with Crippen LogP contribution in [0.25, 0.3) is 0 Å². The Morgan fingerprint density at radius 2 is 1.86 bits per heavy atom. The van der Waals surface area contributed by atoms with Gasteiger partial charge in [-0.2, -0.15) is 0 Å². The fourth-order valence-corrected chi connectivity index (χ4v) is 7.86. The SMILES string of the molecule is COC(=O)/C=C1\CC[C@@H](C2CCc3cc(OC)ccc3C2=O)[C@]1(C)/C=C/O[Si](C)(C)C(C)(C)C(C)C. The molecule has 0 aromatic heterocycles. The van der Waals surface area contributed by atoms with Crippen LogP contribution in [0.5, 0.6) is 5.75 Å². The van der Waals surface area contributed by atoms with Crippen molar-refractivity contribution in [2.24, 2.45) is 23.2 Å². The van der Waals surface area contributed by atoms with Crippen molar-refractivity contribution in [1.29, 1.82) is 0 Å². The average molecular weight is 513 g/mol. The van der Waals surface area contributed by atoms with Crippen LogP contribution in [0.2, 0.25) is 18.1 Å². The van der Waals surface area contributed by atoms with E-state index in [9.17, 15) is 9.59 Å². The van der Waals surface area contributed by atoms with Gasteiger partial charge in [0.25, 0.3) is 0 Å². The molecule has 0 bridgehead atoms. The lowest BCUT2D eigenvalue weighted by Crippen LogP contribution is -2.44. The van der Waals surface area contributed by atoms with Crippen LogP contribution < -0.4 is 4.74 Å². The van der Waals surface area contributed by atoms with Crippen molar-refractivity contribution in [2.45, 2.75) is 78.4 Å². The summed E-state index contributed by atoms with van der Waals surface area (Å²) in [7, 11) is 0.983. The minimum absolute atomic E-state index is 0.0823. The van der Waals surface area contributed by atoms with Crippen LogP contribution in [0.4, 0.5) is 0 Å². The quantitative estimate of drug-likeness (QED) is 0.160. The van der Waals surface area contributed by atoms with Gasteiger partial charge < -0.3 is 13.9 Å². The lowest BCUT2D eigenvalue weighted by Gasteiger charge is -2.42. The van der Waals surface area contributed by atoms with Crippen LogP contribution >= 0.6 is 0 Å². The Bertz CT molecular complexity index is 1050. The molecule has 0 saturated heterocycles. The molecule has 0 aliphatic heterocycles. The molecule has 2 aliphatic rings. The number of esters is 1. The molecular formula is C30H44O5Si. The minimum atomic E-state index is -2.07. The normalized spacial score (nSPS) is 25.9. The van der Waals surface area contributed by atoms with Gasteiger partial charge >= 0.3 is 5.97 Å². The van der Waals surface area contributed by atoms with Gasteiger partial charge in [0.05, 0.1) is 20.5 Å². The van der Waals surface area contributed by atoms with Crippen molar-refractivity contribution in [2.75, 3.05) is 14.2 Å². The predicted molar refractivity (Wildman–Crippen MR) is 147 cm³/mol. The Balaban J connectivity index is 1.95. The van der Waals surface area contributed by atoms with Crippen molar-refractivity contribution >= 4 is 20.1 Å². The van der Waals surface area contributed by atoms with E-state index in [0.29, 0.717) is 5.92 Å². The van der Waals surface area contributed by atoms with E-state index in [0.717, 1.165) is 48.1 Å². The monoisotopic (exact) mass is 512 g/mol. The van der Waals surface area contributed by atoms with E-state index in [1.807, 2.05) is 24.5 Å². The van der Waals surface area contributed by atoms with Crippen LogP contribution in [-0.2, 0) is 20.4 Å². The molecule has 0 spiro atoms. The largest absolute Gasteiger partial charge is 0.549 e. The molecule has 198 valence electrons. The second kappa shape index (κ2) is 10.6. The Morgan fingerprint density at radius 3 is 2.47 bits per heavy atom. The molecule has 0 heterocycles. The first kappa shape index (κ1) is 28.2. The smallest absolute Gasteiger partial charge is 0.330 e. The maximum absolute atomic E-state index is 13.7. The summed E-state index contributed by atoms with van der Waals surface area (Å²) >= 11 is 0. The van der Waals surface area contributed by atoms with Gasteiger partial charge in [0.15, 0.2) is 5.78 Å². The highest BCUT2D eigenvalue weighted by Gasteiger charge is 2.49. The van der Waals surface area contributed by atoms with Crippen molar-refractivity contribution in [1.82, 2.24) is 0 Å². The number of hydrogen-bond donors (Lipinski definition) is 0. The molecule has 0 N–H and O–H groups in total. The van der Waals surface area contributed by atoms with E-state index < -0.39 is 13.7 Å². The van der Waals surface area contributed by atoms with Crippen LogP contribution in [0.15, 0.2) is 42.2 Å². The second-order valence-corrected chi connectivity index (χ2v) is 16.5. The number of Topliss-reactive ketones (excluding diaryl/α,β-unsaturated/α-hetero) is 1. The Labute approximate surface area is 218 Å². The molecular weight excluding hydrogens is 468 g/mol. The molecule has 1 aromatic rings. The zero-order valence-corrected chi connectivity index (χ0v) is 24.6. The molecule has 3 atom stereocenters. The predicted octanol–water partition coefficient (Wildman–Crippen LogP) is 7.13. The van der Waals surface area contributed by atoms with E-state index in [2.05, 4.69) is 53.8 Å². The lowest BCUT2D eigenvalue weighted by molar-refractivity contribution is -0.134. The van der Waals surface area contributed by atoms with Gasteiger partial charge in [-0.3, -0.25) is 4.79 Å². The highest BCUT2D eigenvalue weighted by molar-refractivity contribution is 6.74. The molecule has 0 amide bonds. The van der Waals surface area contributed by atoms with Gasteiger partial charge in [0.2, 0.25) is 8.32 Å². The first-order chi connectivity index (χ1) is 16.8. The first-order valence-electron chi connectivity index (χ1n) is 13.1. The first-order valence-corrected chi connectivity index (χ1v) is 16.0. The van der Waals surface area contributed by atoms with Gasteiger partial charge in [-0.05, 0) is 85.5 Å². The molecule has 6 heteroatoms.